The molecule has 1 aliphatic carbocycles. The van der Waals surface area contributed by atoms with Gasteiger partial charge in [0.25, 0.3) is 0 Å². The topological polar surface area (TPSA) is 126 Å². The number of aromatic hydroxyl groups is 1. The predicted molar refractivity (Wildman–Crippen MR) is 84.6 cm³/mol. The van der Waals surface area contributed by atoms with Crippen molar-refractivity contribution in [1.82, 2.24) is 0 Å². The average Bonchev–Trinajstić information content (AvgIpc) is 2.83. The van der Waals surface area contributed by atoms with Gasteiger partial charge in [-0.25, -0.2) is 4.79 Å². The third-order valence-corrected chi connectivity index (χ3v) is 4.45. The molecule has 8 heteroatoms. The third kappa shape index (κ3) is 3.47. The number of phenolic OH excluding ortho intramolecular Hbond substituents is 1. The number of rotatable bonds is 5. The second-order valence-corrected chi connectivity index (χ2v) is 6.23. The highest BCUT2D eigenvalue weighted by molar-refractivity contribution is 5.82. The first-order valence-electron chi connectivity index (χ1n) is 7.82. The van der Waals surface area contributed by atoms with E-state index in [0.29, 0.717) is 5.56 Å². The average molecular weight is 352 g/mol. The summed E-state index contributed by atoms with van der Waals surface area (Å²) < 4.78 is 15.3. The van der Waals surface area contributed by atoms with Crippen LogP contribution in [0.1, 0.15) is 18.4 Å². The van der Waals surface area contributed by atoms with Gasteiger partial charge in [0.15, 0.2) is 23.4 Å². The summed E-state index contributed by atoms with van der Waals surface area (Å²) in [6.07, 6.45) is -1.51. The zero-order valence-electron chi connectivity index (χ0n) is 13.5. The van der Waals surface area contributed by atoms with Crippen LogP contribution in [0.2, 0.25) is 0 Å². The minimum Gasteiger partial charge on any atom is -0.504 e. The van der Waals surface area contributed by atoms with E-state index in [0.717, 1.165) is 0 Å². The summed E-state index contributed by atoms with van der Waals surface area (Å²) >= 11 is 0. The second-order valence-electron chi connectivity index (χ2n) is 6.23. The lowest BCUT2D eigenvalue weighted by atomic mass is 9.82. The zero-order valence-corrected chi connectivity index (χ0v) is 13.5. The molecule has 1 heterocycles. The largest absolute Gasteiger partial charge is 0.504 e. The van der Waals surface area contributed by atoms with Gasteiger partial charge in [-0.1, -0.05) is 12.1 Å². The number of hydrogen-bond donors (Lipinski definition) is 4. The highest BCUT2D eigenvalue weighted by Crippen LogP contribution is 2.39. The molecule has 0 amide bonds. The van der Waals surface area contributed by atoms with Crippen molar-refractivity contribution in [1.29, 1.82) is 0 Å². The Kier molecular flexibility index (Phi) is 4.70. The highest BCUT2D eigenvalue weighted by atomic mass is 16.6. The van der Waals surface area contributed by atoms with E-state index < -0.39 is 36.2 Å². The van der Waals surface area contributed by atoms with Gasteiger partial charge in [0.05, 0.1) is 13.2 Å². The van der Waals surface area contributed by atoms with Crippen molar-refractivity contribution in [2.75, 3.05) is 7.11 Å². The van der Waals surface area contributed by atoms with E-state index in [4.69, 9.17) is 14.2 Å². The molecule has 1 saturated heterocycles. The number of hydrogen-bond acceptors (Lipinski definition) is 8. The third-order valence-electron chi connectivity index (χ3n) is 4.45. The Bertz CT molecular complexity index is 687. The van der Waals surface area contributed by atoms with Gasteiger partial charge in [0.1, 0.15) is 12.2 Å². The second kappa shape index (κ2) is 6.64. The molecule has 2 bridgehead atoms. The van der Waals surface area contributed by atoms with Crippen molar-refractivity contribution in [2.45, 2.75) is 43.0 Å². The molecular weight excluding hydrogens is 332 g/mol. The van der Waals surface area contributed by atoms with E-state index in [-0.39, 0.29) is 24.3 Å². The van der Waals surface area contributed by atoms with Crippen molar-refractivity contribution in [3.8, 4) is 11.5 Å². The van der Waals surface area contributed by atoms with Crippen LogP contribution < -0.4 is 4.74 Å². The van der Waals surface area contributed by atoms with E-state index in [2.05, 4.69) is 0 Å². The summed E-state index contributed by atoms with van der Waals surface area (Å²) in [4.78, 5) is 11.6. The van der Waals surface area contributed by atoms with Gasteiger partial charge in [-0.15, -0.1) is 0 Å². The minimum atomic E-state index is -1.68. The Morgan fingerprint density at radius 2 is 2.16 bits per heavy atom. The number of methoxy groups -OCH3 is 1. The fourth-order valence-corrected chi connectivity index (χ4v) is 3.10. The molecule has 5 atom stereocenters. The van der Waals surface area contributed by atoms with Crippen molar-refractivity contribution < 1.29 is 39.4 Å². The molecule has 1 aliphatic heterocycles. The van der Waals surface area contributed by atoms with Gasteiger partial charge in [-0.3, -0.25) is 0 Å². The lowest BCUT2D eigenvalue weighted by Crippen LogP contribution is -2.50. The smallest absolute Gasteiger partial charge is 0.338 e. The minimum absolute atomic E-state index is 0.00448. The Hall–Kier alpha value is -2.13. The summed E-state index contributed by atoms with van der Waals surface area (Å²) in [5.74, 6) is -0.492. The van der Waals surface area contributed by atoms with Crippen LogP contribution in [0.15, 0.2) is 24.3 Å². The first-order valence-corrected chi connectivity index (χ1v) is 7.82. The van der Waals surface area contributed by atoms with E-state index in [1.165, 1.54) is 19.3 Å². The number of carbonyl (C=O) groups is 1. The first kappa shape index (κ1) is 17.7. The first-order chi connectivity index (χ1) is 11.8. The Balaban J connectivity index is 1.64. The molecule has 0 aromatic heterocycles. The summed E-state index contributed by atoms with van der Waals surface area (Å²) in [5, 5.41) is 39.8. The fraction of sp³-hybridized carbons (Fsp3) is 0.471. The number of fused-ring (bicyclic) bond motifs is 2. The summed E-state index contributed by atoms with van der Waals surface area (Å²) in [6, 6.07) is 4.64. The number of esters is 1. The van der Waals surface area contributed by atoms with Crippen molar-refractivity contribution in [2.24, 2.45) is 0 Å². The molecule has 136 valence electrons. The molecule has 2 aliphatic rings. The van der Waals surface area contributed by atoms with E-state index in [1.807, 2.05) is 0 Å². The Morgan fingerprint density at radius 1 is 1.40 bits per heavy atom. The molecule has 4 N–H and O–H groups in total. The van der Waals surface area contributed by atoms with Crippen LogP contribution in [0.25, 0.3) is 6.08 Å². The number of ether oxygens (including phenoxy) is 3. The van der Waals surface area contributed by atoms with E-state index >= 15 is 0 Å². The number of benzene rings is 1. The van der Waals surface area contributed by atoms with E-state index in [9.17, 15) is 25.2 Å². The van der Waals surface area contributed by atoms with Crippen LogP contribution in [0, 0.1) is 0 Å². The van der Waals surface area contributed by atoms with Crippen LogP contribution in [0.3, 0.4) is 0 Å². The molecule has 1 aromatic rings. The normalized spacial score (nSPS) is 32.6. The molecule has 3 rings (SSSR count). The van der Waals surface area contributed by atoms with Gasteiger partial charge in [-0.05, 0) is 23.8 Å². The predicted octanol–water partition coefficient (Wildman–Crippen LogP) is -0.0712. The number of phenols is 1. The lowest BCUT2D eigenvalue weighted by molar-refractivity contribution is -0.180. The van der Waals surface area contributed by atoms with Crippen molar-refractivity contribution in [3.05, 3.63) is 29.8 Å². The van der Waals surface area contributed by atoms with Gasteiger partial charge in [-0.2, -0.15) is 0 Å². The standard InChI is InChI=1S/C17H20O8/c1-23-11-6-9(2-4-10(11)18)3-5-14(19)24-12-7-17(22)8-13(15(12)20)25-16(17)21/h2-6,12-15,18-20,22H,7-8H2,1H3. The Morgan fingerprint density at radius 3 is 2.88 bits per heavy atom. The highest BCUT2D eigenvalue weighted by Gasteiger charge is 2.58. The monoisotopic (exact) mass is 352 g/mol. The van der Waals surface area contributed by atoms with Crippen molar-refractivity contribution >= 4 is 12.0 Å². The summed E-state index contributed by atoms with van der Waals surface area (Å²) in [7, 11) is 1.42. The van der Waals surface area contributed by atoms with Crippen LogP contribution in [0.4, 0.5) is 0 Å². The number of aliphatic hydroxyl groups excluding tert-OH is 2. The number of carbonyl (C=O) groups excluding carboxylic acids is 1. The van der Waals surface area contributed by atoms with Crippen LogP contribution in [-0.4, -0.2) is 63.7 Å². The lowest BCUT2D eigenvalue weighted by Gasteiger charge is -2.34. The van der Waals surface area contributed by atoms with Gasteiger partial charge < -0.3 is 34.6 Å². The molecule has 5 unspecified atom stereocenters. The SMILES string of the molecule is COc1cc(C=CC(O)OC2CC3(O)CC(OC3=O)C2O)ccc1O. The molecule has 8 nitrogen and oxygen atoms in total. The molecular formula is C17H20O8. The van der Waals surface area contributed by atoms with Gasteiger partial charge in [0.2, 0.25) is 0 Å². The molecule has 1 aromatic carbocycles. The maximum Gasteiger partial charge on any atom is 0.338 e. The quantitative estimate of drug-likeness (QED) is 0.429. The zero-order chi connectivity index (χ0) is 18.2. The van der Waals surface area contributed by atoms with Gasteiger partial charge >= 0.3 is 5.97 Å². The fourth-order valence-electron chi connectivity index (χ4n) is 3.10. The van der Waals surface area contributed by atoms with Gasteiger partial charge in [0, 0.05) is 12.8 Å². The van der Waals surface area contributed by atoms with Crippen LogP contribution in [-0.2, 0) is 14.3 Å². The van der Waals surface area contributed by atoms with Crippen LogP contribution >= 0.6 is 0 Å². The maximum absolute atomic E-state index is 11.6. The van der Waals surface area contributed by atoms with Crippen molar-refractivity contribution in [3.63, 3.8) is 0 Å². The summed E-state index contributed by atoms with van der Waals surface area (Å²) in [5.41, 5.74) is -1.03. The van der Waals surface area contributed by atoms with E-state index in [1.54, 1.807) is 18.2 Å². The summed E-state index contributed by atoms with van der Waals surface area (Å²) in [6.45, 7) is 0. The molecule has 0 spiro atoms. The Labute approximate surface area is 143 Å². The van der Waals surface area contributed by atoms with Crippen LogP contribution in [0.5, 0.6) is 11.5 Å². The molecule has 1 saturated carbocycles. The molecule has 25 heavy (non-hydrogen) atoms. The maximum atomic E-state index is 11.6. The molecule has 2 fully saturated rings. The number of aliphatic hydroxyl groups is 3. The molecule has 0 radical (unpaired) electrons.